The van der Waals surface area contributed by atoms with Crippen molar-refractivity contribution in [3.63, 3.8) is 0 Å². The summed E-state index contributed by atoms with van der Waals surface area (Å²) in [5.41, 5.74) is 4.91. The lowest BCUT2D eigenvalue weighted by molar-refractivity contribution is 0.0846. The maximum Gasteiger partial charge on any atom is 0.269 e. The third-order valence-corrected chi connectivity index (χ3v) is 6.56. The fourth-order valence-corrected chi connectivity index (χ4v) is 4.35. The van der Waals surface area contributed by atoms with Crippen LogP contribution in [0, 0.1) is 0 Å². The molecule has 172 valence electrons. The molecule has 0 spiro atoms. The summed E-state index contributed by atoms with van der Waals surface area (Å²) in [4.78, 5) is 24.9. The number of benzene rings is 2. The molecule has 2 amide bonds. The minimum atomic E-state index is -3.72. The fraction of sp³-hybridized carbons (Fsp3) is 0.273. The first kappa shape index (κ1) is 24.9. The number of hydrazine groups is 1. The van der Waals surface area contributed by atoms with Crippen LogP contribution in [0.1, 0.15) is 34.6 Å². The van der Waals surface area contributed by atoms with Crippen LogP contribution in [0.2, 0.25) is 0 Å². The smallest absolute Gasteiger partial charge is 0.269 e. The number of carbonyl (C=O) groups is 2. The average molecular weight is 462 g/mol. The quantitative estimate of drug-likeness (QED) is 0.415. The summed E-state index contributed by atoms with van der Waals surface area (Å²) in [5.74, 6) is -0.453. The highest BCUT2D eigenvalue weighted by atomic mass is 32.2. The summed E-state index contributed by atoms with van der Waals surface area (Å²) in [6, 6.07) is 10.2. The van der Waals surface area contributed by atoms with E-state index >= 15 is 0 Å². The standard InChI is InChI=1S/C22H27N3O6S/c1-5-13-31-19-12-11-17(15-20(19)30-4)22(27)24-23-21(26)16-9-8-10-18(14-16)32(28,29)25(6-2)7-3/h5,8-12,14-15H,1,6-7,13H2,2-4H3,(H,23,26)(H,24,27). The van der Waals surface area contributed by atoms with Crippen molar-refractivity contribution in [2.24, 2.45) is 0 Å². The Morgan fingerprint density at radius 1 is 1.00 bits per heavy atom. The number of amides is 2. The van der Waals surface area contributed by atoms with Crippen molar-refractivity contribution in [1.82, 2.24) is 15.2 Å². The number of rotatable bonds is 10. The molecule has 10 heteroatoms. The van der Waals surface area contributed by atoms with Crippen molar-refractivity contribution in [3.8, 4) is 11.5 Å². The van der Waals surface area contributed by atoms with Gasteiger partial charge in [0.05, 0.1) is 12.0 Å². The van der Waals surface area contributed by atoms with E-state index in [4.69, 9.17) is 9.47 Å². The van der Waals surface area contributed by atoms with E-state index < -0.39 is 21.8 Å². The molecular formula is C22H27N3O6S. The third kappa shape index (κ3) is 5.86. The van der Waals surface area contributed by atoms with Crippen LogP contribution in [0.15, 0.2) is 60.0 Å². The Bertz CT molecular complexity index is 1080. The number of carbonyl (C=O) groups excluding carboxylic acids is 2. The Morgan fingerprint density at radius 3 is 2.19 bits per heavy atom. The van der Waals surface area contributed by atoms with Gasteiger partial charge in [0.2, 0.25) is 10.0 Å². The molecule has 0 aliphatic carbocycles. The minimum absolute atomic E-state index is 0.0000239. The van der Waals surface area contributed by atoms with Crippen LogP contribution >= 0.6 is 0 Å². The van der Waals surface area contributed by atoms with E-state index in [-0.39, 0.29) is 22.6 Å². The van der Waals surface area contributed by atoms with Crippen LogP contribution in [0.4, 0.5) is 0 Å². The zero-order valence-corrected chi connectivity index (χ0v) is 19.1. The summed E-state index contributed by atoms with van der Waals surface area (Å²) < 4.78 is 37.3. The van der Waals surface area contributed by atoms with Gasteiger partial charge >= 0.3 is 0 Å². The third-order valence-electron chi connectivity index (χ3n) is 4.51. The summed E-state index contributed by atoms with van der Waals surface area (Å²) in [5, 5.41) is 0. The number of hydrogen-bond acceptors (Lipinski definition) is 6. The van der Waals surface area contributed by atoms with Gasteiger partial charge in [0.25, 0.3) is 11.8 Å². The van der Waals surface area contributed by atoms with Crippen LogP contribution in [-0.2, 0) is 10.0 Å². The van der Waals surface area contributed by atoms with Crippen LogP contribution in [0.25, 0.3) is 0 Å². The van der Waals surface area contributed by atoms with Crippen molar-refractivity contribution >= 4 is 21.8 Å². The van der Waals surface area contributed by atoms with Gasteiger partial charge in [0.1, 0.15) is 6.61 Å². The largest absolute Gasteiger partial charge is 0.493 e. The highest BCUT2D eigenvalue weighted by Gasteiger charge is 2.22. The van der Waals surface area contributed by atoms with Gasteiger partial charge in [0.15, 0.2) is 11.5 Å². The summed E-state index contributed by atoms with van der Waals surface area (Å²) in [6.45, 7) is 7.95. The maximum atomic E-state index is 12.7. The first-order valence-corrected chi connectivity index (χ1v) is 11.3. The molecule has 0 saturated carbocycles. The Balaban J connectivity index is 2.11. The highest BCUT2D eigenvalue weighted by Crippen LogP contribution is 2.28. The van der Waals surface area contributed by atoms with Gasteiger partial charge in [-0.25, -0.2) is 8.42 Å². The summed E-state index contributed by atoms with van der Waals surface area (Å²) in [6.07, 6.45) is 1.58. The summed E-state index contributed by atoms with van der Waals surface area (Å²) >= 11 is 0. The van der Waals surface area contributed by atoms with E-state index in [1.54, 1.807) is 26.0 Å². The molecule has 0 aliphatic heterocycles. The van der Waals surface area contributed by atoms with Crippen molar-refractivity contribution in [3.05, 3.63) is 66.2 Å². The predicted octanol–water partition coefficient (Wildman–Crippen LogP) is 2.37. The molecule has 2 aromatic rings. The monoisotopic (exact) mass is 461 g/mol. The highest BCUT2D eigenvalue weighted by molar-refractivity contribution is 7.89. The SMILES string of the molecule is C=CCOc1ccc(C(=O)NNC(=O)c2cccc(S(=O)(=O)N(CC)CC)c2)cc1OC. The van der Waals surface area contributed by atoms with E-state index in [9.17, 15) is 18.0 Å². The van der Waals surface area contributed by atoms with E-state index in [1.165, 1.54) is 47.8 Å². The van der Waals surface area contributed by atoms with Crippen molar-refractivity contribution in [1.29, 1.82) is 0 Å². The second-order valence-electron chi connectivity index (χ2n) is 6.49. The lowest BCUT2D eigenvalue weighted by Gasteiger charge is -2.18. The average Bonchev–Trinajstić information content (AvgIpc) is 2.81. The van der Waals surface area contributed by atoms with Gasteiger partial charge in [-0.3, -0.25) is 20.4 Å². The number of hydrogen-bond donors (Lipinski definition) is 2. The summed E-state index contributed by atoms with van der Waals surface area (Å²) in [7, 11) is -2.27. The van der Waals surface area contributed by atoms with E-state index in [2.05, 4.69) is 17.4 Å². The lowest BCUT2D eigenvalue weighted by Crippen LogP contribution is -2.41. The zero-order chi connectivity index (χ0) is 23.7. The van der Waals surface area contributed by atoms with Gasteiger partial charge < -0.3 is 9.47 Å². The molecule has 0 fully saturated rings. The van der Waals surface area contributed by atoms with E-state index in [1.807, 2.05) is 0 Å². The minimum Gasteiger partial charge on any atom is -0.493 e. The molecule has 2 rings (SSSR count). The molecule has 0 aliphatic rings. The van der Waals surface area contributed by atoms with Gasteiger partial charge in [-0.15, -0.1) is 0 Å². The first-order valence-electron chi connectivity index (χ1n) is 9.91. The second kappa shape index (κ2) is 11.3. The lowest BCUT2D eigenvalue weighted by atomic mass is 10.2. The molecule has 2 N–H and O–H groups in total. The first-order chi connectivity index (χ1) is 15.3. The number of ether oxygens (including phenoxy) is 2. The molecule has 0 saturated heterocycles. The zero-order valence-electron chi connectivity index (χ0n) is 18.3. The normalized spacial score (nSPS) is 11.0. The fourth-order valence-electron chi connectivity index (χ4n) is 2.85. The van der Waals surface area contributed by atoms with Gasteiger partial charge in [-0.2, -0.15) is 4.31 Å². The Kier molecular flexibility index (Phi) is 8.80. The Morgan fingerprint density at radius 2 is 1.62 bits per heavy atom. The van der Waals surface area contributed by atoms with Crippen LogP contribution in [-0.4, -0.2) is 51.3 Å². The van der Waals surface area contributed by atoms with Crippen LogP contribution < -0.4 is 20.3 Å². The molecular weight excluding hydrogens is 434 g/mol. The van der Waals surface area contributed by atoms with Crippen molar-refractivity contribution in [2.75, 3.05) is 26.8 Å². The van der Waals surface area contributed by atoms with Crippen LogP contribution in [0.5, 0.6) is 11.5 Å². The van der Waals surface area contributed by atoms with E-state index in [0.29, 0.717) is 24.6 Å². The molecule has 0 unspecified atom stereocenters. The molecule has 0 atom stereocenters. The Labute approximate surface area is 188 Å². The molecule has 2 aromatic carbocycles. The molecule has 0 radical (unpaired) electrons. The number of nitrogens with one attached hydrogen (secondary N) is 2. The number of nitrogens with zero attached hydrogens (tertiary/aromatic N) is 1. The van der Waals surface area contributed by atoms with Gasteiger partial charge in [0, 0.05) is 24.2 Å². The molecule has 0 aromatic heterocycles. The van der Waals surface area contributed by atoms with E-state index in [0.717, 1.165) is 0 Å². The van der Waals surface area contributed by atoms with Crippen molar-refractivity contribution < 1.29 is 27.5 Å². The van der Waals surface area contributed by atoms with Crippen molar-refractivity contribution in [2.45, 2.75) is 18.7 Å². The number of sulfonamides is 1. The van der Waals surface area contributed by atoms with Crippen LogP contribution in [0.3, 0.4) is 0 Å². The van der Waals surface area contributed by atoms with Gasteiger partial charge in [-0.05, 0) is 36.4 Å². The van der Waals surface area contributed by atoms with Gasteiger partial charge in [-0.1, -0.05) is 32.6 Å². The molecule has 9 nitrogen and oxygen atoms in total. The Hall–Kier alpha value is -3.37. The maximum absolute atomic E-state index is 12.7. The molecule has 0 heterocycles. The topological polar surface area (TPSA) is 114 Å². The molecule has 32 heavy (non-hydrogen) atoms. The predicted molar refractivity (Wildman–Crippen MR) is 120 cm³/mol. The second-order valence-corrected chi connectivity index (χ2v) is 8.43. The molecule has 0 bridgehead atoms. The number of methoxy groups -OCH3 is 1.